The molecule has 20 heavy (non-hydrogen) atoms. The molecule has 0 spiro atoms. The fourth-order valence-corrected chi connectivity index (χ4v) is 1.87. The van der Waals surface area contributed by atoms with Gasteiger partial charge in [0.2, 0.25) is 0 Å². The van der Waals surface area contributed by atoms with Crippen molar-refractivity contribution in [2.75, 3.05) is 6.54 Å². The van der Waals surface area contributed by atoms with Crippen LogP contribution in [0.2, 0.25) is 0 Å². The summed E-state index contributed by atoms with van der Waals surface area (Å²) in [7, 11) is 0. The molecule has 0 aliphatic carbocycles. The van der Waals surface area contributed by atoms with Gasteiger partial charge in [0.05, 0.1) is 5.56 Å². The molecular weight excluding hydrogens is 254 g/mol. The molecule has 0 saturated carbocycles. The number of nitrogens with one attached hydrogen (secondary N) is 1. The van der Waals surface area contributed by atoms with E-state index < -0.39 is 5.97 Å². The van der Waals surface area contributed by atoms with Crippen molar-refractivity contribution >= 4 is 11.9 Å². The Labute approximate surface area is 117 Å². The molecule has 1 amide bonds. The van der Waals surface area contributed by atoms with Crippen LogP contribution >= 0.6 is 0 Å². The zero-order chi connectivity index (χ0) is 14.4. The Morgan fingerprint density at radius 3 is 2.35 bits per heavy atom. The zero-order valence-corrected chi connectivity index (χ0v) is 10.9. The normalized spacial score (nSPS) is 10.0. The van der Waals surface area contributed by atoms with Gasteiger partial charge in [0.15, 0.2) is 0 Å². The largest absolute Gasteiger partial charge is 0.478 e. The first-order valence-electron chi connectivity index (χ1n) is 6.32. The lowest BCUT2D eigenvalue weighted by Crippen LogP contribution is -2.25. The molecular formula is C16H15NO3. The second kappa shape index (κ2) is 6.52. The Kier molecular flexibility index (Phi) is 4.50. The minimum absolute atomic E-state index is 0.125. The van der Waals surface area contributed by atoms with Crippen LogP contribution in [0.4, 0.5) is 0 Å². The van der Waals surface area contributed by atoms with Crippen LogP contribution in [0, 0.1) is 0 Å². The summed E-state index contributed by atoms with van der Waals surface area (Å²) in [5.41, 5.74) is 1.77. The number of amides is 1. The van der Waals surface area contributed by atoms with Crippen LogP contribution in [-0.2, 0) is 6.42 Å². The first-order chi connectivity index (χ1) is 9.66. The third kappa shape index (κ3) is 3.68. The van der Waals surface area contributed by atoms with E-state index in [-0.39, 0.29) is 11.5 Å². The van der Waals surface area contributed by atoms with Gasteiger partial charge >= 0.3 is 5.97 Å². The van der Waals surface area contributed by atoms with Gasteiger partial charge in [0, 0.05) is 12.1 Å². The smallest absolute Gasteiger partial charge is 0.335 e. The van der Waals surface area contributed by atoms with Crippen molar-refractivity contribution < 1.29 is 14.7 Å². The topological polar surface area (TPSA) is 66.4 Å². The van der Waals surface area contributed by atoms with Crippen molar-refractivity contribution in [1.29, 1.82) is 0 Å². The Hall–Kier alpha value is -2.62. The lowest BCUT2D eigenvalue weighted by Gasteiger charge is -2.06. The minimum atomic E-state index is -0.944. The highest BCUT2D eigenvalue weighted by Gasteiger charge is 2.05. The molecule has 4 nitrogen and oxygen atoms in total. The molecule has 0 atom stereocenters. The van der Waals surface area contributed by atoms with Crippen LogP contribution in [0.1, 0.15) is 26.3 Å². The van der Waals surface area contributed by atoms with Gasteiger partial charge in [-0.25, -0.2) is 4.79 Å². The molecule has 4 heteroatoms. The first-order valence-corrected chi connectivity index (χ1v) is 6.32. The highest BCUT2D eigenvalue weighted by molar-refractivity contribution is 5.94. The van der Waals surface area contributed by atoms with Crippen molar-refractivity contribution in [1.82, 2.24) is 5.32 Å². The predicted octanol–water partition coefficient (Wildman–Crippen LogP) is 2.36. The quantitative estimate of drug-likeness (QED) is 0.875. The van der Waals surface area contributed by atoms with Crippen LogP contribution in [-0.4, -0.2) is 23.5 Å². The lowest BCUT2D eigenvalue weighted by molar-refractivity contribution is 0.0696. The fraction of sp³-hybridized carbons (Fsp3) is 0.125. The van der Waals surface area contributed by atoms with Crippen molar-refractivity contribution in [2.24, 2.45) is 0 Å². The van der Waals surface area contributed by atoms with E-state index in [0.29, 0.717) is 18.5 Å². The van der Waals surface area contributed by atoms with Crippen LogP contribution < -0.4 is 5.32 Å². The Morgan fingerprint density at radius 1 is 0.950 bits per heavy atom. The summed E-state index contributed by atoms with van der Waals surface area (Å²) in [6.07, 6.45) is 0.597. The fourth-order valence-electron chi connectivity index (χ4n) is 1.87. The van der Waals surface area contributed by atoms with Crippen LogP contribution in [0.3, 0.4) is 0 Å². The Bertz CT molecular complexity index is 608. The standard InChI is InChI=1S/C16H15NO3/c18-15(13-6-2-1-3-7-13)17-10-9-12-5-4-8-14(11-12)16(19)20/h1-8,11H,9-10H2,(H,17,18)(H,19,20). The monoisotopic (exact) mass is 269 g/mol. The van der Waals surface area contributed by atoms with Crippen molar-refractivity contribution in [3.63, 3.8) is 0 Å². The summed E-state index contributed by atoms with van der Waals surface area (Å²) in [5, 5.41) is 11.7. The molecule has 2 aromatic rings. The van der Waals surface area contributed by atoms with Gasteiger partial charge in [-0.3, -0.25) is 4.79 Å². The predicted molar refractivity (Wildman–Crippen MR) is 75.9 cm³/mol. The summed E-state index contributed by atoms with van der Waals surface area (Å²) in [6.45, 7) is 0.469. The molecule has 0 aromatic heterocycles. The van der Waals surface area contributed by atoms with Gasteiger partial charge in [0.1, 0.15) is 0 Å². The molecule has 0 aliphatic rings. The lowest BCUT2D eigenvalue weighted by atomic mass is 10.1. The third-order valence-electron chi connectivity index (χ3n) is 2.91. The number of carbonyl (C=O) groups is 2. The third-order valence-corrected chi connectivity index (χ3v) is 2.91. The van der Waals surface area contributed by atoms with E-state index in [4.69, 9.17) is 5.11 Å². The number of carboxylic acid groups (broad SMARTS) is 1. The van der Waals surface area contributed by atoms with E-state index in [0.717, 1.165) is 5.56 Å². The molecule has 0 saturated heterocycles. The highest BCUT2D eigenvalue weighted by Crippen LogP contribution is 2.06. The summed E-state index contributed by atoms with van der Waals surface area (Å²) in [4.78, 5) is 22.7. The van der Waals surface area contributed by atoms with Gasteiger partial charge in [-0.2, -0.15) is 0 Å². The second-order valence-corrected chi connectivity index (χ2v) is 4.38. The number of aromatic carboxylic acids is 1. The average Bonchev–Trinajstić information content (AvgIpc) is 2.48. The number of hydrogen-bond acceptors (Lipinski definition) is 2. The van der Waals surface area contributed by atoms with Crippen molar-refractivity contribution in [3.8, 4) is 0 Å². The number of benzene rings is 2. The molecule has 2 rings (SSSR count). The molecule has 2 aromatic carbocycles. The average molecular weight is 269 g/mol. The second-order valence-electron chi connectivity index (χ2n) is 4.38. The van der Waals surface area contributed by atoms with E-state index in [1.165, 1.54) is 0 Å². The SMILES string of the molecule is O=C(O)c1cccc(CCNC(=O)c2ccccc2)c1. The number of carboxylic acids is 1. The summed E-state index contributed by atoms with van der Waals surface area (Å²) in [5.74, 6) is -1.07. The summed E-state index contributed by atoms with van der Waals surface area (Å²) >= 11 is 0. The minimum Gasteiger partial charge on any atom is -0.478 e. The molecule has 0 unspecified atom stereocenters. The van der Waals surface area contributed by atoms with Crippen LogP contribution in [0.25, 0.3) is 0 Å². The number of carbonyl (C=O) groups excluding carboxylic acids is 1. The highest BCUT2D eigenvalue weighted by atomic mass is 16.4. The van der Waals surface area contributed by atoms with Crippen molar-refractivity contribution in [3.05, 3.63) is 71.3 Å². The van der Waals surface area contributed by atoms with Gasteiger partial charge in [-0.05, 0) is 36.2 Å². The van der Waals surface area contributed by atoms with Gasteiger partial charge in [-0.1, -0.05) is 30.3 Å². The van der Waals surface area contributed by atoms with Gasteiger partial charge in [0.25, 0.3) is 5.91 Å². The van der Waals surface area contributed by atoms with Gasteiger partial charge < -0.3 is 10.4 Å². The Balaban J connectivity index is 1.89. The maximum Gasteiger partial charge on any atom is 0.335 e. The van der Waals surface area contributed by atoms with Crippen LogP contribution in [0.15, 0.2) is 54.6 Å². The molecule has 0 aliphatic heterocycles. The first kappa shape index (κ1) is 13.8. The molecule has 0 heterocycles. The molecule has 0 radical (unpaired) electrons. The molecule has 2 N–H and O–H groups in total. The molecule has 0 fully saturated rings. The molecule has 0 bridgehead atoms. The summed E-state index contributed by atoms with van der Waals surface area (Å²) in [6, 6.07) is 15.7. The van der Waals surface area contributed by atoms with E-state index >= 15 is 0 Å². The van der Waals surface area contributed by atoms with E-state index in [9.17, 15) is 9.59 Å². The van der Waals surface area contributed by atoms with E-state index in [2.05, 4.69) is 5.32 Å². The number of hydrogen-bond donors (Lipinski definition) is 2. The summed E-state index contributed by atoms with van der Waals surface area (Å²) < 4.78 is 0. The van der Waals surface area contributed by atoms with Crippen LogP contribution in [0.5, 0.6) is 0 Å². The maximum absolute atomic E-state index is 11.8. The number of rotatable bonds is 5. The van der Waals surface area contributed by atoms with E-state index in [1.807, 2.05) is 24.3 Å². The zero-order valence-electron chi connectivity index (χ0n) is 10.9. The van der Waals surface area contributed by atoms with Crippen molar-refractivity contribution in [2.45, 2.75) is 6.42 Å². The molecule has 102 valence electrons. The Morgan fingerprint density at radius 2 is 1.65 bits per heavy atom. The van der Waals surface area contributed by atoms with E-state index in [1.54, 1.807) is 30.3 Å². The van der Waals surface area contributed by atoms with Gasteiger partial charge in [-0.15, -0.1) is 0 Å². The maximum atomic E-state index is 11.8.